The Morgan fingerprint density at radius 1 is 0.944 bits per heavy atom. The van der Waals surface area contributed by atoms with Crippen molar-refractivity contribution in [3.63, 3.8) is 0 Å². The van der Waals surface area contributed by atoms with Gasteiger partial charge in [-0.3, -0.25) is 4.79 Å². The summed E-state index contributed by atoms with van der Waals surface area (Å²) < 4.78 is 0. The number of aldehydes is 1. The lowest BCUT2D eigenvalue weighted by Crippen LogP contribution is -2.08. The molecule has 0 saturated heterocycles. The Kier molecular flexibility index (Phi) is 2.97. The molecule has 0 amide bonds. The van der Waals surface area contributed by atoms with E-state index in [0.717, 1.165) is 23.3 Å². The van der Waals surface area contributed by atoms with Crippen molar-refractivity contribution in [2.24, 2.45) is 0 Å². The summed E-state index contributed by atoms with van der Waals surface area (Å²) in [7, 11) is 0. The van der Waals surface area contributed by atoms with Crippen molar-refractivity contribution < 1.29 is 4.79 Å². The van der Waals surface area contributed by atoms with Crippen molar-refractivity contribution >= 4 is 6.29 Å². The molecule has 1 heteroatoms. The molecule has 0 spiro atoms. The highest BCUT2D eigenvalue weighted by molar-refractivity contribution is 5.78. The van der Waals surface area contributed by atoms with Crippen LogP contribution in [0.1, 0.15) is 41.1 Å². The predicted molar refractivity (Wildman–Crippen MR) is 73.9 cm³/mol. The van der Waals surface area contributed by atoms with Crippen LogP contribution in [0.15, 0.2) is 48.5 Å². The van der Waals surface area contributed by atoms with Gasteiger partial charge in [-0.25, -0.2) is 0 Å². The van der Waals surface area contributed by atoms with Crippen molar-refractivity contribution in [1.29, 1.82) is 0 Å². The summed E-state index contributed by atoms with van der Waals surface area (Å²) in [6.45, 7) is 0. The van der Waals surface area contributed by atoms with Crippen LogP contribution in [0, 0.1) is 0 Å². The Balaban J connectivity index is 1.88. The average Bonchev–Trinajstić information content (AvgIpc) is 2.38. The zero-order valence-electron chi connectivity index (χ0n) is 10.3. The monoisotopic (exact) mass is 236 g/mol. The fourth-order valence-corrected chi connectivity index (χ4v) is 2.48. The lowest BCUT2D eigenvalue weighted by atomic mass is 9.80. The van der Waals surface area contributed by atoms with Gasteiger partial charge in [-0.2, -0.15) is 0 Å². The molecule has 0 bridgehead atoms. The third kappa shape index (κ3) is 2.08. The summed E-state index contributed by atoms with van der Waals surface area (Å²) >= 11 is 0. The van der Waals surface area contributed by atoms with E-state index in [0.29, 0.717) is 0 Å². The van der Waals surface area contributed by atoms with Gasteiger partial charge in [0.2, 0.25) is 0 Å². The van der Waals surface area contributed by atoms with Gasteiger partial charge in [0.05, 0.1) is 0 Å². The van der Waals surface area contributed by atoms with Crippen LogP contribution >= 0.6 is 0 Å². The number of benzene rings is 2. The van der Waals surface area contributed by atoms with E-state index < -0.39 is 0 Å². The lowest BCUT2D eigenvalue weighted by molar-refractivity contribution is 0.112. The molecule has 3 rings (SSSR count). The SMILES string of the molecule is O=Cc1cccc(-c2ccc(C3CCC3)cc2)c1. The van der Waals surface area contributed by atoms with E-state index in [1.165, 1.54) is 30.4 Å². The van der Waals surface area contributed by atoms with Crippen LogP contribution in [0.5, 0.6) is 0 Å². The normalized spacial score (nSPS) is 15.1. The van der Waals surface area contributed by atoms with Crippen molar-refractivity contribution in [2.45, 2.75) is 25.2 Å². The zero-order valence-corrected chi connectivity index (χ0v) is 10.3. The maximum atomic E-state index is 10.8. The highest BCUT2D eigenvalue weighted by Crippen LogP contribution is 2.36. The molecule has 0 aliphatic heterocycles. The first-order chi connectivity index (χ1) is 8.86. The molecule has 0 heterocycles. The largest absolute Gasteiger partial charge is 0.298 e. The molecule has 1 saturated carbocycles. The van der Waals surface area contributed by atoms with Crippen molar-refractivity contribution in [2.75, 3.05) is 0 Å². The third-order valence-corrected chi connectivity index (χ3v) is 3.84. The standard InChI is InChI=1S/C17H16O/c18-12-13-3-1-6-17(11-13)16-9-7-15(8-10-16)14-4-2-5-14/h1,3,6-12,14H,2,4-5H2. The molecule has 1 nitrogen and oxygen atoms in total. The second-order valence-electron chi connectivity index (χ2n) is 4.99. The predicted octanol–water partition coefficient (Wildman–Crippen LogP) is 4.43. The average molecular weight is 236 g/mol. The molecule has 0 atom stereocenters. The summed E-state index contributed by atoms with van der Waals surface area (Å²) in [5.74, 6) is 0.778. The van der Waals surface area contributed by atoms with Crippen LogP contribution in [-0.4, -0.2) is 6.29 Å². The van der Waals surface area contributed by atoms with E-state index in [2.05, 4.69) is 24.3 Å². The maximum Gasteiger partial charge on any atom is 0.150 e. The molecule has 2 aromatic rings. The summed E-state index contributed by atoms with van der Waals surface area (Å²) in [5.41, 5.74) is 4.48. The zero-order chi connectivity index (χ0) is 12.4. The third-order valence-electron chi connectivity index (χ3n) is 3.84. The van der Waals surface area contributed by atoms with Crippen LogP contribution in [0.3, 0.4) is 0 Å². The Labute approximate surface area is 107 Å². The molecule has 0 unspecified atom stereocenters. The Bertz CT molecular complexity index is 550. The molecule has 0 N–H and O–H groups in total. The van der Waals surface area contributed by atoms with Crippen LogP contribution < -0.4 is 0 Å². The summed E-state index contributed by atoms with van der Waals surface area (Å²) in [6.07, 6.45) is 4.93. The summed E-state index contributed by atoms with van der Waals surface area (Å²) in [5, 5.41) is 0. The van der Waals surface area contributed by atoms with Gasteiger partial charge in [0, 0.05) is 5.56 Å². The minimum absolute atomic E-state index is 0.732. The molecule has 2 aromatic carbocycles. The smallest absolute Gasteiger partial charge is 0.150 e. The molecule has 18 heavy (non-hydrogen) atoms. The van der Waals surface area contributed by atoms with Gasteiger partial charge in [-0.1, -0.05) is 48.9 Å². The number of carbonyl (C=O) groups is 1. The molecule has 90 valence electrons. The fraction of sp³-hybridized carbons (Fsp3) is 0.235. The van der Waals surface area contributed by atoms with E-state index in [1.54, 1.807) is 0 Å². The van der Waals surface area contributed by atoms with E-state index in [9.17, 15) is 4.79 Å². The molecule has 1 fully saturated rings. The number of rotatable bonds is 3. The molecular weight excluding hydrogens is 220 g/mol. The highest BCUT2D eigenvalue weighted by atomic mass is 16.1. The minimum atomic E-state index is 0.732. The summed E-state index contributed by atoms with van der Waals surface area (Å²) in [6, 6.07) is 16.5. The number of carbonyl (C=O) groups excluding carboxylic acids is 1. The highest BCUT2D eigenvalue weighted by Gasteiger charge is 2.18. The van der Waals surface area contributed by atoms with Crippen LogP contribution in [-0.2, 0) is 0 Å². The second kappa shape index (κ2) is 4.77. The second-order valence-corrected chi connectivity index (χ2v) is 4.99. The van der Waals surface area contributed by atoms with Gasteiger partial charge in [0.25, 0.3) is 0 Å². The maximum absolute atomic E-state index is 10.8. The first-order valence-electron chi connectivity index (χ1n) is 6.52. The Morgan fingerprint density at radius 2 is 1.72 bits per heavy atom. The van der Waals surface area contributed by atoms with Gasteiger partial charge in [0.1, 0.15) is 6.29 Å². The summed E-state index contributed by atoms with van der Waals surface area (Å²) in [4.78, 5) is 10.8. The molecule has 0 aromatic heterocycles. The molecule has 1 aliphatic rings. The first kappa shape index (κ1) is 11.2. The topological polar surface area (TPSA) is 17.1 Å². The number of hydrogen-bond acceptors (Lipinski definition) is 1. The molecule has 1 aliphatic carbocycles. The van der Waals surface area contributed by atoms with Crippen molar-refractivity contribution in [3.05, 3.63) is 59.7 Å². The fourth-order valence-electron chi connectivity index (χ4n) is 2.48. The quantitative estimate of drug-likeness (QED) is 0.720. The number of hydrogen-bond donors (Lipinski definition) is 0. The van der Waals surface area contributed by atoms with Crippen molar-refractivity contribution in [1.82, 2.24) is 0 Å². The Hall–Kier alpha value is -1.89. The molecule has 0 radical (unpaired) electrons. The van der Waals surface area contributed by atoms with Crippen molar-refractivity contribution in [3.8, 4) is 11.1 Å². The molecular formula is C17H16O. The van der Waals surface area contributed by atoms with Gasteiger partial charge in [-0.15, -0.1) is 0 Å². The first-order valence-corrected chi connectivity index (χ1v) is 6.52. The van der Waals surface area contributed by atoms with E-state index in [1.807, 2.05) is 24.3 Å². The van der Waals surface area contributed by atoms with E-state index >= 15 is 0 Å². The van der Waals surface area contributed by atoms with Crippen LogP contribution in [0.2, 0.25) is 0 Å². The minimum Gasteiger partial charge on any atom is -0.298 e. The van der Waals surface area contributed by atoms with Gasteiger partial charge >= 0.3 is 0 Å². The van der Waals surface area contributed by atoms with Gasteiger partial charge in [0.15, 0.2) is 0 Å². The lowest BCUT2D eigenvalue weighted by Gasteiger charge is -2.25. The van der Waals surface area contributed by atoms with Gasteiger partial charge in [-0.05, 0) is 41.5 Å². The van der Waals surface area contributed by atoms with Crippen LogP contribution in [0.25, 0.3) is 11.1 Å². The van der Waals surface area contributed by atoms with E-state index in [4.69, 9.17) is 0 Å². The Morgan fingerprint density at radius 3 is 2.33 bits per heavy atom. The van der Waals surface area contributed by atoms with Gasteiger partial charge < -0.3 is 0 Å². The van der Waals surface area contributed by atoms with Crippen LogP contribution in [0.4, 0.5) is 0 Å². The van der Waals surface area contributed by atoms with E-state index in [-0.39, 0.29) is 0 Å².